The molecule has 0 amide bonds. The summed E-state index contributed by atoms with van der Waals surface area (Å²) in [5.41, 5.74) is 3.80. The first-order valence-corrected chi connectivity index (χ1v) is 5.52. The van der Waals surface area contributed by atoms with Crippen LogP contribution in [0.4, 0.5) is 0 Å². The van der Waals surface area contributed by atoms with Crippen molar-refractivity contribution in [2.75, 3.05) is 0 Å². The molecular formula is C14H12N2O. The second kappa shape index (κ2) is 4.03. The third kappa shape index (κ3) is 1.70. The predicted molar refractivity (Wildman–Crippen MR) is 66.6 cm³/mol. The molecule has 0 aliphatic rings. The van der Waals surface area contributed by atoms with Crippen LogP contribution in [0.5, 0.6) is 0 Å². The Balaban J connectivity index is 2.20. The highest BCUT2D eigenvalue weighted by atomic mass is 16.3. The van der Waals surface area contributed by atoms with Gasteiger partial charge in [0, 0.05) is 5.56 Å². The molecule has 0 saturated carbocycles. The average molecular weight is 224 g/mol. The Bertz CT molecular complexity index is 644. The third-order valence-corrected chi connectivity index (χ3v) is 2.80. The number of aliphatic hydroxyl groups excluding tert-OH is 1. The molecule has 0 bridgehead atoms. The Morgan fingerprint density at radius 3 is 2.59 bits per heavy atom. The number of pyridine rings is 1. The number of hydrogen-bond acceptors (Lipinski definition) is 2. The molecule has 3 aromatic rings. The summed E-state index contributed by atoms with van der Waals surface area (Å²) in [5, 5.41) is 13.8. The number of nitrogens with zero attached hydrogens (tertiary/aromatic N) is 2. The topological polar surface area (TPSA) is 37.5 Å². The summed E-state index contributed by atoms with van der Waals surface area (Å²) in [7, 11) is 0. The summed E-state index contributed by atoms with van der Waals surface area (Å²) in [6.07, 6.45) is 0. The van der Waals surface area contributed by atoms with Gasteiger partial charge in [-0.2, -0.15) is 5.10 Å². The first-order chi connectivity index (χ1) is 8.38. The fourth-order valence-corrected chi connectivity index (χ4v) is 1.94. The van der Waals surface area contributed by atoms with Crippen molar-refractivity contribution in [3.05, 3.63) is 60.3 Å². The number of fused-ring (bicyclic) bond motifs is 1. The minimum atomic E-state index is -0.00670. The first-order valence-electron chi connectivity index (χ1n) is 5.52. The quantitative estimate of drug-likeness (QED) is 0.726. The lowest BCUT2D eigenvalue weighted by Gasteiger charge is -1.99. The van der Waals surface area contributed by atoms with Gasteiger partial charge in [-0.05, 0) is 18.2 Å². The second-order valence-electron chi connectivity index (χ2n) is 3.91. The van der Waals surface area contributed by atoms with Crippen LogP contribution < -0.4 is 0 Å². The first kappa shape index (κ1) is 10.1. The zero-order valence-electron chi connectivity index (χ0n) is 9.24. The lowest BCUT2D eigenvalue weighted by molar-refractivity contribution is 0.273. The van der Waals surface area contributed by atoms with Crippen LogP contribution in [-0.2, 0) is 6.61 Å². The van der Waals surface area contributed by atoms with Crippen LogP contribution in [0.3, 0.4) is 0 Å². The normalized spacial score (nSPS) is 10.9. The molecule has 84 valence electrons. The molecule has 0 saturated heterocycles. The molecule has 0 aliphatic heterocycles. The van der Waals surface area contributed by atoms with E-state index in [9.17, 15) is 5.11 Å². The van der Waals surface area contributed by atoms with Gasteiger partial charge < -0.3 is 5.11 Å². The van der Waals surface area contributed by atoms with E-state index in [2.05, 4.69) is 5.10 Å². The summed E-state index contributed by atoms with van der Waals surface area (Å²) in [4.78, 5) is 0. The van der Waals surface area contributed by atoms with Crippen molar-refractivity contribution in [2.24, 2.45) is 0 Å². The van der Waals surface area contributed by atoms with E-state index < -0.39 is 0 Å². The van der Waals surface area contributed by atoms with E-state index in [0.29, 0.717) is 0 Å². The molecule has 1 N–H and O–H groups in total. The van der Waals surface area contributed by atoms with E-state index in [1.165, 1.54) is 0 Å². The molecule has 1 aromatic carbocycles. The van der Waals surface area contributed by atoms with Gasteiger partial charge in [-0.15, -0.1) is 0 Å². The molecule has 0 radical (unpaired) electrons. The van der Waals surface area contributed by atoms with Crippen molar-refractivity contribution in [1.29, 1.82) is 0 Å². The second-order valence-corrected chi connectivity index (χ2v) is 3.91. The molecule has 2 heterocycles. The summed E-state index contributed by atoms with van der Waals surface area (Å²) < 4.78 is 1.78. The summed E-state index contributed by atoms with van der Waals surface area (Å²) in [6, 6.07) is 17.8. The van der Waals surface area contributed by atoms with Gasteiger partial charge in [0.05, 0.1) is 23.5 Å². The van der Waals surface area contributed by atoms with E-state index in [1.54, 1.807) is 4.52 Å². The maximum Gasteiger partial charge on any atom is 0.0933 e. The molecule has 0 fully saturated rings. The average Bonchev–Trinajstić information content (AvgIpc) is 2.83. The zero-order chi connectivity index (χ0) is 11.7. The van der Waals surface area contributed by atoms with E-state index in [4.69, 9.17) is 0 Å². The molecule has 0 spiro atoms. The molecule has 17 heavy (non-hydrogen) atoms. The van der Waals surface area contributed by atoms with Crippen LogP contribution in [-0.4, -0.2) is 14.7 Å². The van der Waals surface area contributed by atoms with Gasteiger partial charge in [0.15, 0.2) is 0 Å². The Morgan fingerprint density at radius 2 is 1.82 bits per heavy atom. The van der Waals surface area contributed by atoms with Crippen LogP contribution in [0.15, 0.2) is 54.6 Å². The Labute approximate surface area is 99.0 Å². The summed E-state index contributed by atoms with van der Waals surface area (Å²) in [6.45, 7) is -0.00670. The van der Waals surface area contributed by atoms with Crippen molar-refractivity contribution in [1.82, 2.24) is 9.61 Å². The van der Waals surface area contributed by atoms with E-state index in [0.717, 1.165) is 22.5 Å². The van der Waals surface area contributed by atoms with Gasteiger partial charge in [-0.3, -0.25) is 0 Å². The van der Waals surface area contributed by atoms with Gasteiger partial charge in [0.25, 0.3) is 0 Å². The van der Waals surface area contributed by atoms with Crippen LogP contribution >= 0.6 is 0 Å². The van der Waals surface area contributed by atoms with E-state index in [1.807, 2.05) is 54.6 Å². The van der Waals surface area contributed by atoms with Gasteiger partial charge >= 0.3 is 0 Å². The van der Waals surface area contributed by atoms with E-state index in [-0.39, 0.29) is 6.61 Å². The smallest absolute Gasteiger partial charge is 0.0933 e. The fourth-order valence-electron chi connectivity index (χ4n) is 1.94. The minimum Gasteiger partial charge on any atom is -0.390 e. The molecule has 3 nitrogen and oxygen atoms in total. The number of benzene rings is 1. The highest BCUT2D eigenvalue weighted by molar-refractivity contribution is 5.66. The molecule has 0 aliphatic carbocycles. The number of aliphatic hydroxyl groups is 1. The molecule has 0 unspecified atom stereocenters. The SMILES string of the molecule is OCc1cccc2cc(-c3ccccc3)nn12. The highest BCUT2D eigenvalue weighted by Gasteiger charge is 2.05. The standard InChI is InChI=1S/C14H12N2O/c17-10-13-8-4-7-12-9-14(15-16(12)13)11-5-2-1-3-6-11/h1-9,17H,10H2. The van der Waals surface area contributed by atoms with Crippen molar-refractivity contribution >= 4 is 5.52 Å². The lowest BCUT2D eigenvalue weighted by Crippen LogP contribution is -1.97. The van der Waals surface area contributed by atoms with Crippen molar-refractivity contribution in [3.63, 3.8) is 0 Å². The highest BCUT2D eigenvalue weighted by Crippen LogP contribution is 2.20. The molecular weight excluding hydrogens is 212 g/mol. The third-order valence-electron chi connectivity index (χ3n) is 2.80. The van der Waals surface area contributed by atoms with Crippen LogP contribution in [0.25, 0.3) is 16.8 Å². The van der Waals surface area contributed by atoms with Crippen molar-refractivity contribution < 1.29 is 5.11 Å². The predicted octanol–water partition coefficient (Wildman–Crippen LogP) is 2.49. The molecule has 3 heteroatoms. The Kier molecular flexibility index (Phi) is 2.38. The lowest BCUT2D eigenvalue weighted by atomic mass is 10.1. The van der Waals surface area contributed by atoms with Gasteiger partial charge in [0.1, 0.15) is 0 Å². The number of hydrogen-bond donors (Lipinski definition) is 1. The maximum absolute atomic E-state index is 9.25. The Hall–Kier alpha value is -2.13. The molecule has 2 aromatic heterocycles. The Morgan fingerprint density at radius 1 is 1.00 bits per heavy atom. The molecule has 3 rings (SSSR count). The number of aromatic nitrogens is 2. The van der Waals surface area contributed by atoms with Gasteiger partial charge in [0.2, 0.25) is 0 Å². The molecule has 0 atom stereocenters. The van der Waals surface area contributed by atoms with E-state index >= 15 is 0 Å². The van der Waals surface area contributed by atoms with Crippen LogP contribution in [0.2, 0.25) is 0 Å². The maximum atomic E-state index is 9.25. The van der Waals surface area contributed by atoms with Gasteiger partial charge in [-0.25, -0.2) is 4.52 Å². The van der Waals surface area contributed by atoms with Gasteiger partial charge in [-0.1, -0.05) is 36.4 Å². The van der Waals surface area contributed by atoms with Crippen molar-refractivity contribution in [2.45, 2.75) is 6.61 Å². The summed E-state index contributed by atoms with van der Waals surface area (Å²) >= 11 is 0. The minimum absolute atomic E-state index is 0.00670. The van der Waals surface area contributed by atoms with Crippen LogP contribution in [0, 0.1) is 0 Å². The zero-order valence-corrected chi connectivity index (χ0v) is 9.24. The van der Waals surface area contributed by atoms with Crippen LogP contribution in [0.1, 0.15) is 5.69 Å². The largest absolute Gasteiger partial charge is 0.390 e. The monoisotopic (exact) mass is 224 g/mol. The van der Waals surface area contributed by atoms with Crippen molar-refractivity contribution in [3.8, 4) is 11.3 Å². The number of rotatable bonds is 2. The summed E-state index contributed by atoms with van der Waals surface area (Å²) in [5.74, 6) is 0. The fraction of sp³-hybridized carbons (Fsp3) is 0.0714.